The van der Waals surface area contributed by atoms with Crippen molar-refractivity contribution >= 4 is 45.0 Å². The summed E-state index contributed by atoms with van der Waals surface area (Å²) >= 11 is 8.05. The highest BCUT2D eigenvalue weighted by Crippen LogP contribution is 2.29. The van der Waals surface area contributed by atoms with Crippen molar-refractivity contribution < 1.29 is 13.2 Å². The Bertz CT molecular complexity index is 1020. The molecule has 8 heteroatoms. The molecule has 0 radical (unpaired) electrons. The normalized spacial score (nSPS) is 14.6. The van der Waals surface area contributed by atoms with Crippen molar-refractivity contribution in [2.24, 2.45) is 0 Å². The number of halogens is 1. The molecule has 1 aliphatic carbocycles. The van der Waals surface area contributed by atoms with Gasteiger partial charge in [0.2, 0.25) is 0 Å². The summed E-state index contributed by atoms with van der Waals surface area (Å²) in [5.41, 5.74) is 2.77. The second-order valence-electron chi connectivity index (χ2n) is 7.58. The van der Waals surface area contributed by atoms with Crippen molar-refractivity contribution in [2.75, 3.05) is 17.0 Å². The Balaban J connectivity index is 1.66. The average molecular weight is 467 g/mol. The highest BCUT2D eigenvalue weighted by Gasteiger charge is 2.21. The van der Waals surface area contributed by atoms with Gasteiger partial charge in [0.1, 0.15) is 4.90 Å². The van der Waals surface area contributed by atoms with E-state index in [9.17, 15) is 13.2 Å². The number of carbonyl (C=O) groups is 1. The molecule has 0 aromatic heterocycles. The van der Waals surface area contributed by atoms with Crippen LogP contribution in [0, 0.1) is 13.8 Å². The number of aryl methyl sites for hydroxylation is 2. The highest BCUT2D eigenvalue weighted by atomic mass is 35.5. The molecular weight excluding hydrogens is 440 g/mol. The van der Waals surface area contributed by atoms with Crippen molar-refractivity contribution in [3.05, 3.63) is 58.1 Å². The third kappa shape index (κ3) is 5.93. The summed E-state index contributed by atoms with van der Waals surface area (Å²) in [5, 5.41) is 3.64. The number of nitrogens with one attached hydrogen (secondary N) is 2. The maximum Gasteiger partial charge on any atom is 0.263 e. The van der Waals surface area contributed by atoms with E-state index in [0.717, 1.165) is 16.9 Å². The van der Waals surface area contributed by atoms with E-state index in [1.165, 1.54) is 43.9 Å². The lowest BCUT2D eigenvalue weighted by atomic mass is 10.1. The third-order valence-electron chi connectivity index (χ3n) is 5.29. The van der Waals surface area contributed by atoms with E-state index in [1.54, 1.807) is 12.1 Å². The van der Waals surface area contributed by atoms with Crippen LogP contribution in [0.5, 0.6) is 0 Å². The van der Waals surface area contributed by atoms with Gasteiger partial charge < -0.3 is 5.32 Å². The Hall–Kier alpha value is -1.70. The second kappa shape index (κ2) is 10.1. The average Bonchev–Trinajstić information content (AvgIpc) is 3.21. The van der Waals surface area contributed by atoms with Crippen molar-refractivity contribution in [1.82, 2.24) is 5.32 Å². The van der Waals surface area contributed by atoms with Crippen LogP contribution in [0.2, 0.25) is 5.02 Å². The molecule has 30 heavy (non-hydrogen) atoms. The number of anilines is 1. The lowest BCUT2D eigenvalue weighted by molar-refractivity contribution is 0.0956. The summed E-state index contributed by atoms with van der Waals surface area (Å²) in [6.45, 7) is 4.42. The van der Waals surface area contributed by atoms with E-state index in [0.29, 0.717) is 17.5 Å². The Morgan fingerprint density at radius 3 is 2.53 bits per heavy atom. The van der Waals surface area contributed by atoms with Crippen LogP contribution in [-0.4, -0.2) is 31.9 Å². The minimum atomic E-state index is -3.93. The fourth-order valence-electron chi connectivity index (χ4n) is 3.41. The van der Waals surface area contributed by atoms with Crippen LogP contribution < -0.4 is 10.0 Å². The van der Waals surface area contributed by atoms with E-state index in [2.05, 4.69) is 10.0 Å². The molecule has 0 unspecified atom stereocenters. The van der Waals surface area contributed by atoms with Gasteiger partial charge in [-0.1, -0.05) is 30.5 Å². The lowest BCUT2D eigenvalue weighted by Crippen LogP contribution is -2.26. The number of thioether (sulfide) groups is 1. The molecule has 0 heterocycles. The molecule has 1 saturated carbocycles. The quantitative estimate of drug-likeness (QED) is 0.526. The van der Waals surface area contributed by atoms with Gasteiger partial charge in [-0.3, -0.25) is 9.52 Å². The van der Waals surface area contributed by atoms with Gasteiger partial charge in [-0.25, -0.2) is 8.42 Å². The monoisotopic (exact) mass is 466 g/mol. The first kappa shape index (κ1) is 23.0. The van der Waals surface area contributed by atoms with Crippen LogP contribution >= 0.6 is 23.4 Å². The molecule has 2 aromatic rings. The van der Waals surface area contributed by atoms with Gasteiger partial charge in [-0.2, -0.15) is 11.8 Å². The first-order valence-electron chi connectivity index (χ1n) is 10.1. The SMILES string of the molecule is Cc1ccc(NS(=O)(=O)c2cc(C(=O)NCCSC3CCCC3)ccc2Cl)cc1C. The van der Waals surface area contributed by atoms with Crippen LogP contribution in [0.4, 0.5) is 5.69 Å². The van der Waals surface area contributed by atoms with Crippen molar-refractivity contribution in [2.45, 2.75) is 49.7 Å². The largest absolute Gasteiger partial charge is 0.351 e. The Kier molecular flexibility index (Phi) is 7.71. The molecule has 0 spiro atoms. The van der Waals surface area contributed by atoms with Gasteiger partial charge in [0.25, 0.3) is 15.9 Å². The van der Waals surface area contributed by atoms with Gasteiger partial charge in [-0.15, -0.1) is 0 Å². The zero-order valence-electron chi connectivity index (χ0n) is 17.2. The van der Waals surface area contributed by atoms with Crippen molar-refractivity contribution in [1.29, 1.82) is 0 Å². The molecule has 5 nitrogen and oxygen atoms in total. The number of hydrogen-bond donors (Lipinski definition) is 2. The summed E-state index contributed by atoms with van der Waals surface area (Å²) in [6, 6.07) is 9.62. The predicted octanol–water partition coefficient (Wildman–Crippen LogP) is 5.16. The van der Waals surface area contributed by atoms with Crippen LogP contribution in [0.3, 0.4) is 0 Å². The van der Waals surface area contributed by atoms with Crippen LogP contribution in [-0.2, 0) is 10.0 Å². The fourth-order valence-corrected chi connectivity index (χ4v) is 6.21. The number of sulfonamides is 1. The maximum absolute atomic E-state index is 12.9. The predicted molar refractivity (Wildman–Crippen MR) is 125 cm³/mol. The summed E-state index contributed by atoms with van der Waals surface area (Å²) in [7, 11) is -3.93. The molecule has 162 valence electrons. The first-order chi connectivity index (χ1) is 14.3. The zero-order valence-corrected chi connectivity index (χ0v) is 19.6. The van der Waals surface area contributed by atoms with Gasteiger partial charge in [0.05, 0.1) is 5.02 Å². The number of carbonyl (C=O) groups excluding carboxylic acids is 1. The van der Waals surface area contributed by atoms with Crippen LogP contribution in [0.1, 0.15) is 47.2 Å². The standard InChI is InChI=1S/C22H27ClN2O3S2/c1-15-7-9-18(13-16(15)2)25-30(27,28)21-14-17(8-10-20(21)23)22(26)24-11-12-29-19-5-3-4-6-19/h7-10,13-14,19,25H,3-6,11-12H2,1-2H3,(H,24,26). The number of rotatable bonds is 8. The molecule has 2 N–H and O–H groups in total. The van der Waals surface area contributed by atoms with Crippen LogP contribution in [0.25, 0.3) is 0 Å². The Labute approximate surface area is 188 Å². The molecule has 1 fully saturated rings. The zero-order chi connectivity index (χ0) is 21.7. The van der Waals surface area contributed by atoms with Crippen molar-refractivity contribution in [3.63, 3.8) is 0 Å². The van der Waals surface area contributed by atoms with Crippen LogP contribution in [0.15, 0.2) is 41.3 Å². The van der Waals surface area contributed by atoms with Crippen molar-refractivity contribution in [3.8, 4) is 0 Å². The smallest absolute Gasteiger partial charge is 0.263 e. The number of amides is 1. The third-order valence-corrected chi connectivity index (χ3v) is 8.53. The molecule has 1 aliphatic rings. The molecule has 1 amide bonds. The molecular formula is C22H27ClN2O3S2. The van der Waals surface area contributed by atoms with E-state index in [1.807, 2.05) is 31.7 Å². The molecule has 3 rings (SSSR count). The first-order valence-corrected chi connectivity index (χ1v) is 13.0. The molecule has 0 saturated heterocycles. The van der Waals surface area contributed by atoms with Gasteiger partial charge in [0.15, 0.2) is 0 Å². The molecule has 0 bridgehead atoms. The molecule has 0 atom stereocenters. The van der Waals surface area contributed by atoms with E-state index in [-0.39, 0.29) is 21.4 Å². The van der Waals surface area contributed by atoms with Gasteiger partial charge >= 0.3 is 0 Å². The van der Waals surface area contributed by atoms with E-state index in [4.69, 9.17) is 11.6 Å². The number of hydrogen-bond acceptors (Lipinski definition) is 4. The molecule has 2 aromatic carbocycles. The Morgan fingerprint density at radius 1 is 1.10 bits per heavy atom. The Morgan fingerprint density at radius 2 is 1.83 bits per heavy atom. The van der Waals surface area contributed by atoms with Gasteiger partial charge in [-0.05, 0) is 68.1 Å². The van der Waals surface area contributed by atoms with E-state index >= 15 is 0 Å². The maximum atomic E-state index is 12.9. The summed E-state index contributed by atoms with van der Waals surface area (Å²) < 4.78 is 28.3. The summed E-state index contributed by atoms with van der Waals surface area (Å²) in [5.74, 6) is 0.546. The fraction of sp³-hybridized carbons (Fsp3) is 0.409. The topological polar surface area (TPSA) is 75.3 Å². The highest BCUT2D eigenvalue weighted by molar-refractivity contribution is 7.99. The minimum absolute atomic E-state index is 0.0691. The second-order valence-corrected chi connectivity index (χ2v) is 11.0. The summed E-state index contributed by atoms with van der Waals surface area (Å²) in [4.78, 5) is 12.4. The lowest BCUT2D eigenvalue weighted by Gasteiger charge is -2.13. The summed E-state index contributed by atoms with van der Waals surface area (Å²) in [6.07, 6.45) is 5.10. The van der Waals surface area contributed by atoms with E-state index < -0.39 is 10.0 Å². The molecule has 0 aliphatic heterocycles. The number of benzene rings is 2. The minimum Gasteiger partial charge on any atom is -0.351 e. The van der Waals surface area contributed by atoms with Gasteiger partial charge in [0, 0.05) is 28.8 Å².